The molecule has 0 spiro atoms. The zero-order valence-corrected chi connectivity index (χ0v) is 71.5. The highest BCUT2D eigenvalue weighted by Gasteiger charge is 2.38. The minimum atomic E-state index is -1.84. The summed E-state index contributed by atoms with van der Waals surface area (Å²) in [5.74, 6) is -10.8. The Balaban J connectivity index is 1.60. The van der Waals surface area contributed by atoms with Crippen LogP contribution in [0.3, 0.4) is 0 Å². The summed E-state index contributed by atoms with van der Waals surface area (Å²) in [5.41, 5.74) is 8.01. The van der Waals surface area contributed by atoms with Crippen molar-refractivity contribution in [1.29, 1.82) is 0 Å². The van der Waals surface area contributed by atoms with Crippen molar-refractivity contribution in [1.82, 2.24) is 58.5 Å². The van der Waals surface area contributed by atoms with Crippen LogP contribution in [-0.2, 0) is 52.7 Å². The Bertz CT molecular complexity index is 4250. The Kier molecular flexibility index (Phi) is 43.1. The first kappa shape index (κ1) is 101. The number of nitrogens with two attached hydrogens (primary N) is 1. The van der Waals surface area contributed by atoms with Gasteiger partial charge in [-0.2, -0.15) is 0 Å². The smallest absolute Gasteiger partial charge is 0.245 e. The number of benzene rings is 4. The molecular formula is C85H124N16O21. The summed E-state index contributed by atoms with van der Waals surface area (Å²) in [6, 6.07) is 1.59. The van der Waals surface area contributed by atoms with Gasteiger partial charge in [0.1, 0.15) is 60.4 Å². The molecule has 1 fully saturated rings. The fourth-order valence-electron chi connectivity index (χ4n) is 12.7. The molecule has 37 nitrogen and oxygen atoms in total. The number of rotatable bonds is 41. The maximum absolute atomic E-state index is 15.3. The number of carbonyl (C=O) groups excluding carboxylic acids is 11. The van der Waals surface area contributed by atoms with Crippen molar-refractivity contribution in [2.24, 2.45) is 43.5 Å². The average Bonchev–Trinajstić information content (AvgIpc) is 0.999. The fourth-order valence-corrected chi connectivity index (χ4v) is 12.7. The van der Waals surface area contributed by atoms with Crippen LogP contribution in [0.5, 0.6) is 46.0 Å². The number of amides is 11. The lowest BCUT2D eigenvalue weighted by Crippen LogP contribution is -2.62. The molecule has 0 radical (unpaired) electrons. The van der Waals surface area contributed by atoms with E-state index in [2.05, 4.69) is 92.3 Å². The highest BCUT2D eigenvalue weighted by molar-refractivity contribution is 6.00. The van der Waals surface area contributed by atoms with E-state index < -0.39 is 151 Å². The number of methoxy groups -OCH3 is 4. The van der Waals surface area contributed by atoms with Crippen molar-refractivity contribution < 1.29 is 102 Å². The molecule has 122 heavy (non-hydrogen) atoms. The first-order valence-corrected chi connectivity index (χ1v) is 41.0. The normalized spacial score (nSPS) is 19.7. The topological polar surface area (TPSA) is 554 Å². The zero-order valence-electron chi connectivity index (χ0n) is 71.5. The number of carbonyl (C=O) groups is 11. The van der Waals surface area contributed by atoms with E-state index in [4.69, 9.17) is 24.7 Å². The largest absolute Gasteiger partial charge is 0.504 e. The Morgan fingerprint density at radius 1 is 0.475 bits per heavy atom. The first-order chi connectivity index (χ1) is 58.1. The van der Waals surface area contributed by atoms with E-state index in [1.807, 2.05) is 0 Å². The third-order valence-electron chi connectivity index (χ3n) is 19.8. The number of phenols is 4. The number of hydrogen-bond acceptors (Lipinski definition) is 26. The monoisotopic (exact) mass is 1700 g/mol. The van der Waals surface area contributed by atoms with Crippen LogP contribution < -0.4 is 83.2 Å². The van der Waals surface area contributed by atoms with Crippen molar-refractivity contribution in [2.45, 2.75) is 211 Å². The number of ether oxygens (including phenoxy) is 4. The number of phenolic OH excluding ortho intramolecular Hbond substituents is 4. The SMILES string of the molecule is CCC(C)CCCCC(=O)N[C@@H](CCN=Cc1ccc(O)c(OC)c1)C(=O)N[C@@H](C(=O)N[C@@H](CCN)C(=O)N[C@H]1CCNC(=O)[C@@H]([C@@H](C)O)NC(=O)[C@H](CCN=Cc2ccc(O)c(OC)c2)NC(=O)[C@H](CCN=Cc2ccc(O)c(OC)c2)NC(=O)[C@H](CC(C)C)NC(=O)[C@@H](CC(C)C)NC(=O)[C@H](CCN=Cc2ccc(O)c(OC)c2)NC1=O)[C@@H](C)O. The van der Waals surface area contributed by atoms with Gasteiger partial charge in [0.05, 0.1) is 40.6 Å². The number of hydrogen-bond donors (Lipinski definition) is 18. The molecule has 4 aromatic carbocycles. The van der Waals surface area contributed by atoms with Gasteiger partial charge in [-0.1, -0.05) is 60.8 Å². The van der Waals surface area contributed by atoms with E-state index in [1.165, 1.54) is 128 Å². The number of aliphatic hydroxyl groups is 2. The minimum Gasteiger partial charge on any atom is -0.504 e. The van der Waals surface area contributed by atoms with Gasteiger partial charge in [0.15, 0.2) is 46.0 Å². The van der Waals surface area contributed by atoms with Crippen LogP contribution in [0, 0.1) is 17.8 Å². The molecular weight excluding hydrogens is 1580 g/mol. The van der Waals surface area contributed by atoms with Crippen LogP contribution in [0.15, 0.2) is 92.8 Å². The Morgan fingerprint density at radius 3 is 1.25 bits per heavy atom. The van der Waals surface area contributed by atoms with Gasteiger partial charge < -0.3 is 114 Å². The summed E-state index contributed by atoms with van der Waals surface area (Å²) >= 11 is 0. The van der Waals surface area contributed by atoms with E-state index in [9.17, 15) is 69.0 Å². The second-order valence-corrected chi connectivity index (χ2v) is 30.7. The van der Waals surface area contributed by atoms with E-state index in [0.29, 0.717) is 34.6 Å². The standard InChI is InChI=1S/C85H124N16O21/c1-13-50(6)16-14-15-17-73(108)92-58(27-33-87-44-53-18-22-65(104)69(40-53)119-9)80(113)101-75(52(8)103)85(118)97-57(26-32-86)76(109)95-62-31-37-91-84(117)74(51(7)102)100-81(114)61(30-36-90-47-56-21-25-68(107)72(43-56)122-12)94-77(110)59(28-34-88-45-54-19-23-66(105)70(41-54)120-10)96-82(115)63(38-48(2)3)99-83(116)64(39-49(4)5)98-79(112)60(93-78(62)111)29-35-89-46-55-20-24-67(106)71(42-55)121-11/h18-25,40-52,57-64,74-75,102-107H,13-17,26-39,86H2,1-12H3,(H,91,117)(H,92,108)(H,93,111)(H,94,110)(H,95,109)(H,96,115)(H,97,118)(H,98,112)(H,99,116)(H,100,114)(H,101,113)/t50?,51-,52-,57+,58+,59+,60+,61+,62+,63+,64-,74-,75-/m1/s1. The molecule has 1 heterocycles. The van der Waals surface area contributed by atoms with Crippen molar-refractivity contribution in [3.05, 3.63) is 95.1 Å². The number of aliphatic hydroxyl groups excluding tert-OH is 2. The minimum absolute atomic E-state index is 0.0445. The van der Waals surface area contributed by atoms with Crippen LogP contribution in [0.4, 0.5) is 0 Å². The molecule has 1 aliphatic heterocycles. The molecule has 5 rings (SSSR count). The van der Waals surface area contributed by atoms with Gasteiger partial charge in [0.2, 0.25) is 65.0 Å². The predicted octanol–water partition coefficient (Wildman–Crippen LogP) is 2.06. The van der Waals surface area contributed by atoms with Crippen LogP contribution in [-0.4, -0.2) is 261 Å². The van der Waals surface area contributed by atoms with E-state index in [-0.39, 0.29) is 142 Å². The van der Waals surface area contributed by atoms with Gasteiger partial charge in [-0.05, 0) is 191 Å². The molecule has 0 bridgehead atoms. The fraction of sp³-hybridized carbons (Fsp3) is 0.541. The van der Waals surface area contributed by atoms with Crippen LogP contribution in [0.25, 0.3) is 0 Å². The van der Waals surface area contributed by atoms with E-state index >= 15 is 14.4 Å². The van der Waals surface area contributed by atoms with Gasteiger partial charge in [-0.15, -0.1) is 0 Å². The van der Waals surface area contributed by atoms with Crippen LogP contribution in [0.2, 0.25) is 0 Å². The Morgan fingerprint density at radius 2 is 0.861 bits per heavy atom. The molecule has 4 aromatic rings. The lowest BCUT2D eigenvalue weighted by atomic mass is 9.99. The van der Waals surface area contributed by atoms with Gasteiger partial charge in [0, 0.05) is 64.0 Å². The number of aromatic hydroxyl groups is 4. The van der Waals surface area contributed by atoms with Crippen molar-refractivity contribution in [2.75, 3.05) is 67.7 Å². The summed E-state index contributed by atoms with van der Waals surface area (Å²) in [6.45, 7) is 12.1. The van der Waals surface area contributed by atoms with Crippen molar-refractivity contribution in [3.63, 3.8) is 0 Å². The number of nitrogens with one attached hydrogen (secondary N) is 11. The highest BCUT2D eigenvalue weighted by atomic mass is 16.5. The van der Waals surface area contributed by atoms with Gasteiger partial charge in [-0.25, -0.2) is 0 Å². The Labute approximate surface area is 711 Å². The number of nitrogens with zero attached hydrogens (tertiary/aromatic N) is 4. The maximum Gasteiger partial charge on any atom is 0.245 e. The second-order valence-electron chi connectivity index (χ2n) is 30.7. The first-order valence-electron chi connectivity index (χ1n) is 41.0. The lowest BCUT2D eigenvalue weighted by molar-refractivity contribution is -0.137. The van der Waals surface area contributed by atoms with Crippen LogP contribution in [0.1, 0.15) is 161 Å². The molecule has 19 N–H and O–H groups in total. The van der Waals surface area contributed by atoms with Gasteiger partial charge in [0.25, 0.3) is 0 Å². The van der Waals surface area contributed by atoms with Gasteiger partial charge >= 0.3 is 0 Å². The van der Waals surface area contributed by atoms with Crippen molar-refractivity contribution >= 4 is 89.8 Å². The molecule has 0 saturated carbocycles. The number of unbranched alkanes of at least 4 members (excludes halogenated alkanes) is 1. The molecule has 670 valence electrons. The highest BCUT2D eigenvalue weighted by Crippen LogP contribution is 2.29. The zero-order chi connectivity index (χ0) is 90.1. The van der Waals surface area contributed by atoms with Crippen molar-refractivity contribution in [3.8, 4) is 46.0 Å². The quantitative estimate of drug-likeness (QED) is 0.0223. The maximum atomic E-state index is 15.3. The van der Waals surface area contributed by atoms with E-state index in [0.717, 1.165) is 19.3 Å². The second kappa shape index (κ2) is 52.3. The molecule has 13 atom stereocenters. The lowest BCUT2D eigenvalue weighted by Gasteiger charge is -2.29. The third kappa shape index (κ3) is 34.3. The molecule has 0 aliphatic carbocycles. The molecule has 37 heteroatoms. The molecule has 0 aromatic heterocycles. The Hall–Kier alpha value is -12.0. The summed E-state index contributed by atoms with van der Waals surface area (Å²) in [4.78, 5) is 180. The third-order valence-corrected chi connectivity index (χ3v) is 19.8. The number of aliphatic imine (C=N–C) groups is 4. The molecule has 1 saturated heterocycles. The van der Waals surface area contributed by atoms with Gasteiger partial charge in [-0.3, -0.25) is 72.7 Å². The summed E-state index contributed by atoms with van der Waals surface area (Å²) in [6.07, 6.45) is 3.43. The molecule has 1 aliphatic rings. The average molecular weight is 1710 g/mol. The van der Waals surface area contributed by atoms with E-state index in [1.54, 1.807) is 39.8 Å². The molecule has 11 amide bonds. The summed E-state index contributed by atoms with van der Waals surface area (Å²) < 4.78 is 21.0. The molecule has 1 unspecified atom stereocenters. The summed E-state index contributed by atoms with van der Waals surface area (Å²) in [5, 5.41) is 92.5. The van der Waals surface area contributed by atoms with Crippen LogP contribution >= 0.6 is 0 Å². The predicted molar refractivity (Wildman–Crippen MR) is 458 cm³/mol. The summed E-state index contributed by atoms with van der Waals surface area (Å²) in [7, 11) is 5.43.